The Morgan fingerprint density at radius 3 is 2.43 bits per heavy atom. The second-order valence-corrected chi connectivity index (χ2v) is 6.35. The summed E-state index contributed by atoms with van der Waals surface area (Å²) in [6.07, 6.45) is 1.45. The van der Waals surface area contributed by atoms with Gasteiger partial charge in [0.25, 0.3) is 17.5 Å². The fraction of sp³-hybridized carbons (Fsp3) is 0.250. The van der Waals surface area contributed by atoms with Crippen LogP contribution in [0.4, 0.5) is 5.69 Å². The number of carbonyl (C=O) groups is 2. The van der Waals surface area contributed by atoms with Crippen LogP contribution in [-0.4, -0.2) is 60.8 Å². The lowest BCUT2D eigenvalue weighted by Crippen LogP contribution is -2.42. The number of hydrogen-bond acceptors (Lipinski definition) is 7. The Hall–Kier alpha value is -3.79. The fourth-order valence-corrected chi connectivity index (χ4v) is 2.66. The quantitative estimate of drug-likeness (QED) is 0.419. The van der Waals surface area contributed by atoms with Crippen LogP contribution in [0.15, 0.2) is 53.6 Å². The van der Waals surface area contributed by atoms with Gasteiger partial charge in [0.15, 0.2) is 6.61 Å². The molecule has 1 aliphatic heterocycles. The third-order valence-corrected chi connectivity index (χ3v) is 4.33. The molecule has 0 atom stereocenters. The number of rotatable bonds is 7. The van der Waals surface area contributed by atoms with Gasteiger partial charge in [0, 0.05) is 30.8 Å². The lowest BCUT2D eigenvalue weighted by molar-refractivity contribution is -0.384. The van der Waals surface area contributed by atoms with E-state index in [4.69, 9.17) is 9.47 Å². The summed E-state index contributed by atoms with van der Waals surface area (Å²) in [6.45, 7) is 2.19. The smallest absolute Gasteiger partial charge is 0.271 e. The van der Waals surface area contributed by atoms with Crippen molar-refractivity contribution >= 4 is 23.7 Å². The van der Waals surface area contributed by atoms with E-state index >= 15 is 0 Å². The predicted octanol–water partition coefficient (Wildman–Crippen LogP) is 1.60. The predicted molar refractivity (Wildman–Crippen MR) is 107 cm³/mol. The van der Waals surface area contributed by atoms with Crippen molar-refractivity contribution in [2.75, 3.05) is 32.9 Å². The van der Waals surface area contributed by atoms with Gasteiger partial charge >= 0.3 is 0 Å². The highest BCUT2D eigenvalue weighted by Crippen LogP contribution is 2.13. The Morgan fingerprint density at radius 2 is 1.80 bits per heavy atom. The molecule has 2 aromatic rings. The number of nitrogens with one attached hydrogen (secondary N) is 1. The monoisotopic (exact) mass is 412 g/mol. The SMILES string of the molecule is O=C(N/N=C\c1ccc(OCC(=O)N2CCOCC2)cc1)c1ccc([N+](=O)[O-])cc1. The standard InChI is InChI=1S/C20H20N4O6/c25-19(23-9-11-29-12-10-23)14-30-18-7-1-15(2-8-18)13-21-22-20(26)16-3-5-17(6-4-16)24(27)28/h1-8,13H,9-12,14H2,(H,22,26)/b21-13-. The Morgan fingerprint density at radius 1 is 1.13 bits per heavy atom. The van der Waals surface area contributed by atoms with Crippen LogP contribution in [0.25, 0.3) is 0 Å². The van der Waals surface area contributed by atoms with E-state index in [1.807, 2.05) is 0 Å². The maximum absolute atomic E-state index is 12.1. The number of nitro benzene ring substituents is 1. The number of benzene rings is 2. The summed E-state index contributed by atoms with van der Waals surface area (Å²) in [4.78, 5) is 35.9. The Bertz CT molecular complexity index is 921. The minimum absolute atomic E-state index is 0.0429. The highest BCUT2D eigenvalue weighted by molar-refractivity contribution is 5.95. The molecule has 1 fully saturated rings. The number of non-ortho nitro benzene ring substituents is 1. The van der Waals surface area contributed by atoms with Gasteiger partial charge in [-0.2, -0.15) is 5.10 Å². The largest absolute Gasteiger partial charge is 0.484 e. The van der Waals surface area contributed by atoms with Crippen LogP contribution in [0.1, 0.15) is 15.9 Å². The van der Waals surface area contributed by atoms with Crippen molar-refractivity contribution in [2.24, 2.45) is 5.10 Å². The van der Waals surface area contributed by atoms with Crippen molar-refractivity contribution in [1.82, 2.24) is 10.3 Å². The average molecular weight is 412 g/mol. The number of carbonyl (C=O) groups excluding carboxylic acids is 2. The average Bonchev–Trinajstić information content (AvgIpc) is 2.79. The first-order chi connectivity index (χ1) is 14.5. The van der Waals surface area contributed by atoms with Crippen LogP contribution >= 0.6 is 0 Å². The molecule has 0 bridgehead atoms. The zero-order chi connectivity index (χ0) is 21.3. The second-order valence-electron chi connectivity index (χ2n) is 6.35. The van der Waals surface area contributed by atoms with Gasteiger partial charge in [-0.15, -0.1) is 0 Å². The van der Waals surface area contributed by atoms with E-state index in [-0.39, 0.29) is 23.8 Å². The third-order valence-electron chi connectivity index (χ3n) is 4.33. The summed E-state index contributed by atoms with van der Waals surface area (Å²) in [6, 6.07) is 12.1. The zero-order valence-corrected chi connectivity index (χ0v) is 16.0. The second kappa shape index (κ2) is 10.1. The third kappa shape index (κ3) is 5.85. The van der Waals surface area contributed by atoms with Crippen LogP contribution < -0.4 is 10.2 Å². The maximum atomic E-state index is 12.1. The molecule has 3 rings (SSSR count). The van der Waals surface area contributed by atoms with Gasteiger partial charge in [0.1, 0.15) is 5.75 Å². The molecular weight excluding hydrogens is 392 g/mol. The first kappa shape index (κ1) is 20.9. The molecule has 1 aliphatic rings. The van der Waals surface area contributed by atoms with Gasteiger partial charge in [0.2, 0.25) is 0 Å². The highest BCUT2D eigenvalue weighted by atomic mass is 16.6. The summed E-state index contributed by atoms with van der Waals surface area (Å²) < 4.78 is 10.7. The van der Waals surface area contributed by atoms with E-state index in [0.717, 1.165) is 0 Å². The van der Waals surface area contributed by atoms with Gasteiger partial charge in [-0.25, -0.2) is 5.43 Å². The molecule has 1 heterocycles. The van der Waals surface area contributed by atoms with Gasteiger partial charge < -0.3 is 14.4 Å². The van der Waals surface area contributed by atoms with Gasteiger partial charge in [-0.05, 0) is 42.0 Å². The number of hydrogen-bond donors (Lipinski definition) is 1. The summed E-state index contributed by atoms with van der Waals surface area (Å²) in [5, 5.41) is 14.5. The number of ether oxygens (including phenoxy) is 2. The van der Waals surface area contributed by atoms with E-state index in [9.17, 15) is 19.7 Å². The number of nitro groups is 1. The Kier molecular flexibility index (Phi) is 7.06. The summed E-state index contributed by atoms with van der Waals surface area (Å²) >= 11 is 0. The van der Waals surface area contributed by atoms with Crippen molar-refractivity contribution < 1.29 is 24.0 Å². The van der Waals surface area contributed by atoms with E-state index in [2.05, 4.69) is 10.5 Å². The number of morpholine rings is 1. The zero-order valence-electron chi connectivity index (χ0n) is 16.0. The van der Waals surface area contributed by atoms with E-state index in [0.29, 0.717) is 37.6 Å². The first-order valence-electron chi connectivity index (χ1n) is 9.19. The lowest BCUT2D eigenvalue weighted by Gasteiger charge is -2.26. The lowest BCUT2D eigenvalue weighted by atomic mass is 10.2. The molecule has 10 heteroatoms. The molecule has 10 nitrogen and oxygen atoms in total. The summed E-state index contributed by atoms with van der Waals surface area (Å²) in [7, 11) is 0. The molecule has 0 aliphatic carbocycles. The number of amides is 2. The molecule has 1 saturated heterocycles. The molecule has 0 aromatic heterocycles. The van der Waals surface area contributed by atoms with Crippen LogP contribution in [0, 0.1) is 10.1 Å². The highest BCUT2D eigenvalue weighted by Gasteiger charge is 2.17. The molecule has 1 N–H and O–H groups in total. The van der Waals surface area contributed by atoms with E-state index in [1.165, 1.54) is 30.5 Å². The summed E-state index contributed by atoms with van der Waals surface area (Å²) in [5.41, 5.74) is 3.23. The van der Waals surface area contributed by atoms with E-state index in [1.54, 1.807) is 29.2 Å². The minimum atomic E-state index is -0.536. The topological polar surface area (TPSA) is 123 Å². The van der Waals surface area contributed by atoms with Gasteiger partial charge in [-0.3, -0.25) is 19.7 Å². The molecule has 0 spiro atoms. The molecule has 156 valence electrons. The Labute approximate surface area is 172 Å². The molecule has 0 unspecified atom stereocenters. The van der Waals surface area contributed by atoms with Crippen molar-refractivity contribution in [2.45, 2.75) is 0 Å². The fourth-order valence-electron chi connectivity index (χ4n) is 2.66. The molecule has 2 amide bonds. The van der Waals surface area contributed by atoms with Crippen LogP contribution in [0.2, 0.25) is 0 Å². The maximum Gasteiger partial charge on any atom is 0.271 e. The van der Waals surface area contributed by atoms with Gasteiger partial charge in [-0.1, -0.05) is 0 Å². The van der Waals surface area contributed by atoms with Gasteiger partial charge in [0.05, 0.1) is 24.4 Å². The molecule has 0 radical (unpaired) electrons. The van der Waals surface area contributed by atoms with E-state index < -0.39 is 10.8 Å². The Balaban J connectivity index is 1.46. The molecule has 30 heavy (non-hydrogen) atoms. The van der Waals surface area contributed by atoms with Crippen molar-refractivity contribution in [3.63, 3.8) is 0 Å². The van der Waals surface area contributed by atoms with Crippen molar-refractivity contribution in [3.05, 3.63) is 69.8 Å². The normalized spacial score (nSPS) is 13.8. The van der Waals surface area contributed by atoms with Crippen LogP contribution in [0.3, 0.4) is 0 Å². The van der Waals surface area contributed by atoms with Crippen molar-refractivity contribution in [3.8, 4) is 5.75 Å². The summed E-state index contributed by atoms with van der Waals surface area (Å²) in [5.74, 6) is -0.0238. The first-order valence-corrected chi connectivity index (χ1v) is 9.19. The molecule has 2 aromatic carbocycles. The van der Waals surface area contributed by atoms with Crippen LogP contribution in [-0.2, 0) is 9.53 Å². The van der Waals surface area contributed by atoms with Crippen LogP contribution in [0.5, 0.6) is 5.75 Å². The van der Waals surface area contributed by atoms with Crippen molar-refractivity contribution in [1.29, 1.82) is 0 Å². The number of nitrogens with zero attached hydrogens (tertiary/aromatic N) is 3. The molecule has 0 saturated carbocycles. The number of hydrazone groups is 1. The minimum Gasteiger partial charge on any atom is -0.484 e. The molecular formula is C20H20N4O6.